The summed E-state index contributed by atoms with van der Waals surface area (Å²) in [7, 11) is 0. The van der Waals surface area contributed by atoms with Gasteiger partial charge < -0.3 is 9.80 Å². The second kappa shape index (κ2) is 8.21. The fraction of sp³-hybridized carbons (Fsp3) is 0.333. The van der Waals surface area contributed by atoms with Gasteiger partial charge in [0.1, 0.15) is 5.69 Å². The monoisotopic (exact) mass is 388 g/mol. The number of aryl methyl sites for hydroxylation is 2. The molecule has 1 fully saturated rings. The third-order valence-corrected chi connectivity index (χ3v) is 5.85. The summed E-state index contributed by atoms with van der Waals surface area (Å²) in [6, 6.07) is 16.2. The number of rotatable bonds is 4. The zero-order chi connectivity index (χ0) is 20.4. The van der Waals surface area contributed by atoms with Gasteiger partial charge in [0, 0.05) is 37.9 Å². The smallest absolute Gasteiger partial charge is 0.257 e. The fourth-order valence-electron chi connectivity index (χ4n) is 3.78. The van der Waals surface area contributed by atoms with Crippen LogP contribution in [0.25, 0.3) is 16.9 Å². The standard InChI is InChI=1S/C24H28N4O/c1-4-26-12-14-27(15-13-26)24(29)22-17-28(21-8-6-5-7-9-21)25-23(22)20-11-10-18(2)19(3)16-20/h5-11,16-17H,4,12-15H2,1-3H3. The van der Waals surface area contributed by atoms with E-state index in [1.54, 1.807) is 0 Å². The molecule has 2 aromatic carbocycles. The molecule has 150 valence electrons. The minimum atomic E-state index is 0.0659. The van der Waals surface area contributed by atoms with Crippen LogP contribution >= 0.6 is 0 Å². The van der Waals surface area contributed by atoms with Gasteiger partial charge in [0.2, 0.25) is 0 Å². The van der Waals surface area contributed by atoms with Gasteiger partial charge in [0.05, 0.1) is 11.3 Å². The maximum absolute atomic E-state index is 13.4. The van der Waals surface area contributed by atoms with Crippen molar-refractivity contribution < 1.29 is 4.79 Å². The lowest BCUT2D eigenvalue weighted by molar-refractivity contribution is 0.0644. The molecule has 4 rings (SSSR count). The van der Waals surface area contributed by atoms with E-state index in [0.29, 0.717) is 5.56 Å². The molecule has 0 unspecified atom stereocenters. The van der Waals surface area contributed by atoms with Gasteiger partial charge in [-0.25, -0.2) is 4.68 Å². The highest BCUT2D eigenvalue weighted by Gasteiger charge is 2.26. The quantitative estimate of drug-likeness (QED) is 0.680. The van der Waals surface area contributed by atoms with E-state index in [4.69, 9.17) is 5.10 Å². The molecule has 5 nitrogen and oxygen atoms in total. The molecule has 1 aliphatic heterocycles. The van der Waals surface area contributed by atoms with Crippen LogP contribution in [0.2, 0.25) is 0 Å². The molecule has 0 bridgehead atoms. The number of carbonyl (C=O) groups is 1. The number of hydrogen-bond acceptors (Lipinski definition) is 3. The van der Waals surface area contributed by atoms with Crippen molar-refractivity contribution in [3.05, 3.63) is 71.4 Å². The van der Waals surface area contributed by atoms with Crippen LogP contribution in [0.4, 0.5) is 0 Å². The zero-order valence-corrected chi connectivity index (χ0v) is 17.4. The Hall–Kier alpha value is -2.92. The summed E-state index contributed by atoms with van der Waals surface area (Å²) in [5.74, 6) is 0.0659. The van der Waals surface area contributed by atoms with Gasteiger partial charge in [-0.2, -0.15) is 5.10 Å². The molecule has 1 aliphatic rings. The Morgan fingerprint density at radius 3 is 2.34 bits per heavy atom. The molecule has 1 amide bonds. The van der Waals surface area contributed by atoms with Crippen LogP contribution in [0, 0.1) is 13.8 Å². The topological polar surface area (TPSA) is 41.4 Å². The molecule has 1 aromatic heterocycles. The third-order valence-electron chi connectivity index (χ3n) is 5.85. The van der Waals surface area contributed by atoms with E-state index in [1.165, 1.54) is 11.1 Å². The maximum atomic E-state index is 13.4. The van der Waals surface area contributed by atoms with E-state index >= 15 is 0 Å². The molecule has 29 heavy (non-hydrogen) atoms. The van der Waals surface area contributed by atoms with E-state index in [0.717, 1.165) is 49.7 Å². The second-order valence-electron chi connectivity index (χ2n) is 7.70. The number of benzene rings is 2. The van der Waals surface area contributed by atoms with Crippen molar-refractivity contribution in [1.82, 2.24) is 19.6 Å². The lowest BCUT2D eigenvalue weighted by atomic mass is 10.0. The highest BCUT2D eigenvalue weighted by atomic mass is 16.2. The molecule has 5 heteroatoms. The first-order valence-corrected chi connectivity index (χ1v) is 10.3. The van der Waals surface area contributed by atoms with Crippen LogP contribution in [0.5, 0.6) is 0 Å². The Labute approximate surface area is 172 Å². The fourth-order valence-corrected chi connectivity index (χ4v) is 3.78. The van der Waals surface area contributed by atoms with E-state index in [2.05, 4.69) is 43.9 Å². The van der Waals surface area contributed by atoms with Crippen molar-refractivity contribution >= 4 is 5.91 Å². The summed E-state index contributed by atoms with van der Waals surface area (Å²) in [6.45, 7) is 10.8. The van der Waals surface area contributed by atoms with Crippen molar-refractivity contribution in [2.75, 3.05) is 32.7 Å². The number of aromatic nitrogens is 2. The van der Waals surface area contributed by atoms with Crippen LogP contribution < -0.4 is 0 Å². The van der Waals surface area contributed by atoms with Crippen LogP contribution in [-0.4, -0.2) is 58.2 Å². The predicted molar refractivity (Wildman–Crippen MR) is 116 cm³/mol. The van der Waals surface area contributed by atoms with Gasteiger partial charge >= 0.3 is 0 Å². The van der Waals surface area contributed by atoms with Crippen molar-refractivity contribution in [1.29, 1.82) is 0 Å². The van der Waals surface area contributed by atoms with E-state index in [9.17, 15) is 4.79 Å². The Kier molecular flexibility index (Phi) is 5.49. The molecule has 0 N–H and O–H groups in total. The minimum Gasteiger partial charge on any atom is -0.336 e. The summed E-state index contributed by atoms with van der Waals surface area (Å²) in [6.07, 6.45) is 1.88. The van der Waals surface area contributed by atoms with Crippen molar-refractivity contribution in [3.63, 3.8) is 0 Å². The second-order valence-corrected chi connectivity index (χ2v) is 7.70. The number of carbonyl (C=O) groups excluding carboxylic acids is 1. The molecular formula is C24H28N4O. The Morgan fingerprint density at radius 1 is 0.966 bits per heavy atom. The highest BCUT2D eigenvalue weighted by molar-refractivity contribution is 6.00. The first-order chi connectivity index (χ1) is 14.1. The minimum absolute atomic E-state index is 0.0659. The van der Waals surface area contributed by atoms with E-state index in [1.807, 2.05) is 46.1 Å². The van der Waals surface area contributed by atoms with Gasteiger partial charge in [-0.1, -0.05) is 37.3 Å². The number of para-hydroxylation sites is 1. The number of piperazine rings is 1. The van der Waals surface area contributed by atoms with Crippen molar-refractivity contribution in [2.24, 2.45) is 0 Å². The third kappa shape index (κ3) is 3.96. The lowest BCUT2D eigenvalue weighted by Crippen LogP contribution is -2.48. The lowest BCUT2D eigenvalue weighted by Gasteiger charge is -2.34. The molecule has 1 saturated heterocycles. The molecule has 0 radical (unpaired) electrons. The number of nitrogens with zero attached hydrogens (tertiary/aromatic N) is 4. The van der Waals surface area contributed by atoms with Crippen LogP contribution in [0.15, 0.2) is 54.7 Å². The highest BCUT2D eigenvalue weighted by Crippen LogP contribution is 2.27. The molecule has 0 saturated carbocycles. The normalized spacial score (nSPS) is 14.9. The number of hydrogen-bond donors (Lipinski definition) is 0. The van der Waals surface area contributed by atoms with E-state index < -0.39 is 0 Å². The van der Waals surface area contributed by atoms with Gasteiger partial charge in [-0.3, -0.25) is 4.79 Å². The predicted octanol–water partition coefficient (Wildman–Crippen LogP) is 3.93. The molecular weight excluding hydrogens is 360 g/mol. The largest absolute Gasteiger partial charge is 0.336 e. The van der Waals surface area contributed by atoms with Gasteiger partial charge in [0.15, 0.2) is 0 Å². The van der Waals surface area contributed by atoms with Crippen molar-refractivity contribution in [2.45, 2.75) is 20.8 Å². The van der Waals surface area contributed by atoms with E-state index in [-0.39, 0.29) is 5.91 Å². The van der Waals surface area contributed by atoms with Crippen LogP contribution in [0.3, 0.4) is 0 Å². The molecule has 0 atom stereocenters. The van der Waals surface area contributed by atoms with Crippen LogP contribution in [-0.2, 0) is 0 Å². The molecule has 0 spiro atoms. The summed E-state index contributed by atoms with van der Waals surface area (Å²) >= 11 is 0. The van der Waals surface area contributed by atoms with Gasteiger partial charge in [-0.05, 0) is 49.7 Å². The molecule has 0 aliphatic carbocycles. The Morgan fingerprint density at radius 2 is 1.69 bits per heavy atom. The van der Waals surface area contributed by atoms with Crippen LogP contribution in [0.1, 0.15) is 28.4 Å². The summed E-state index contributed by atoms with van der Waals surface area (Å²) in [5.41, 5.74) is 5.79. The summed E-state index contributed by atoms with van der Waals surface area (Å²) < 4.78 is 1.82. The average Bonchev–Trinajstić information content (AvgIpc) is 3.21. The first kappa shape index (κ1) is 19.4. The number of amides is 1. The average molecular weight is 389 g/mol. The molecule has 3 aromatic rings. The number of likely N-dealkylation sites (N-methyl/N-ethyl adjacent to an activating group) is 1. The summed E-state index contributed by atoms with van der Waals surface area (Å²) in [5, 5.41) is 4.83. The Bertz CT molecular complexity index is 1000. The Balaban J connectivity index is 1.74. The zero-order valence-electron chi connectivity index (χ0n) is 17.4. The van der Waals surface area contributed by atoms with Gasteiger partial charge in [0.25, 0.3) is 5.91 Å². The van der Waals surface area contributed by atoms with Crippen molar-refractivity contribution in [3.8, 4) is 16.9 Å². The SMILES string of the molecule is CCN1CCN(C(=O)c2cn(-c3ccccc3)nc2-c2ccc(C)c(C)c2)CC1. The molecule has 2 heterocycles. The maximum Gasteiger partial charge on any atom is 0.257 e. The van der Waals surface area contributed by atoms with Gasteiger partial charge in [-0.15, -0.1) is 0 Å². The summed E-state index contributed by atoms with van der Waals surface area (Å²) in [4.78, 5) is 17.8. The first-order valence-electron chi connectivity index (χ1n) is 10.3.